The summed E-state index contributed by atoms with van der Waals surface area (Å²) in [7, 11) is 0. The second-order valence-electron chi connectivity index (χ2n) is 6.12. The minimum Gasteiger partial charge on any atom is -0.457 e. The van der Waals surface area contributed by atoms with Crippen LogP contribution in [0.4, 0.5) is 0 Å². The first-order valence-electron chi connectivity index (χ1n) is 7.98. The predicted molar refractivity (Wildman–Crippen MR) is 90.4 cm³/mol. The second-order valence-corrected chi connectivity index (χ2v) is 6.12. The molecule has 1 fully saturated rings. The molecule has 0 unspecified atom stereocenters. The first-order chi connectivity index (χ1) is 11.6. The smallest absolute Gasteiger partial charge is 0.255 e. The van der Waals surface area contributed by atoms with Gasteiger partial charge in [0.15, 0.2) is 0 Å². The first-order valence-corrected chi connectivity index (χ1v) is 7.98. The highest BCUT2D eigenvalue weighted by Crippen LogP contribution is 2.26. The van der Waals surface area contributed by atoms with Crippen LogP contribution in [-0.2, 0) is 4.74 Å². The van der Waals surface area contributed by atoms with Gasteiger partial charge in [0.25, 0.3) is 5.91 Å². The lowest BCUT2D eigenvalue weighted by Gasteiger charge is -2.21. The Morgan fingerprint density at radius 2 is 2.12 bits per heavy atom. The molecule has 5 nitrogen and oxygen atoms in total. The third-order valence-electron chi connectivity index (χ3n) is 4.01. The van der Waals surface area contributed by atoms with E-state index in [2.05, 4.69) is 5.32 Å². The van der Waals surface area contributed by atoms with E-state index < -0.39 is 5.60 Å². The molecule has 126 valence electrons. The summed E-state index contributed by atoms with van der Waals surface area (Å²) in [5, 5.41) is 13.0. The summed E-state index contributed by atoms with van der Waals surface area (Å²) in [6, 6.07) is 14.7. The highest BCUT2D eigenvalue weighted by Gasteiger charge is 2.32. The summed E-state index contributed by atoms with van der Waals surface area (Å²) >= 11 is 0. The first kappa shape index (κ1) is 16.5. The zero-order valence-electron chi connectivity index (χ0n) is 13.6. The maximum absolute atomic E-state index is 12.5. The van der Waals surface area contributed by atoms with Crippen molar-refractivity contribution in [3.8, 4) is 11.5 Å². The Morgan fingerprint density at radius 3 is 2.88 bits per heavy atom. The predicted octanol–water partition coefficient (Wildman–Crippen LogP) is 2.67. The molecule has 2 N–H and O–H groups in total. The summed E-state index contributed by atoms with van der Waals surface area (Å²) in [6.07, 6.45) is 0.523. The number of benzene rings is 2. The molecule has 2 aromatic carbocycles. The lowest BCUT2D eigenvalue weighted by Crippen LogP contribution is -2.43. The minimum absolute atomic E-state index is 0.157. The molecule has 0 spiro atoms. The Hall–Kier alpha value is -2.37. The third kappa shape index (κ3) is 3.93. The van der Waals surface area contributed by atoms with E-state index in [1.807, 2.05) is 37.3 Å². The van der Waals surface area contributed by atoms with Gasteiger partial charge in [0, 0.05) is 19.6 Å². The van der Waals surface area contributed by atoms with Crippen LogP contribution in [0, 0.1) is 6.92 Å². The SMILES string of the molecule is Cc1cccc(Oc2ccccc2C(=O)NC[C@@]2(O)CCOC2)c1. The molecular weight excluding hydrogens is 306 g/mol. The molecule has 1 aliphatic heterocycles. The summed E-state index contributed by atoms with van der Waals surface area (Å²) in [4.78, 5) is 12.5. The number of hydrogen-bond acceptors (Lipinski definition) is 4. The fraction of sp³-hybridized carbons (Fsp3) is 0.316. The number of carbonyl (C=O) groups is 1. The van der Waals surface area contributed by atoms with Gasteiger partial charge in [0.05, 0.1) is 12.2 Å². The summed E-state index contributed by atoms with van der Waals surface area (Å²) < 4.78 is 11.0. The molecule has 24 heavy (non-hydrogen) atoms. The highest BCUT2D eigenvalue weighted by molar-refractivity contribution is 5.97. The van der Waals surface area contributed by atoms with Gasteiger partial charge in [-0.05, 0) is 36.8 Å². The average Bonchev–Trinajstić information content (AvgIpc) is 3.00. The number of aliphatic hydroxyl groups is 1. The molecule has 1 atom stereocenters. The van der Waals surface area contributed by atoms with Crippen LogP contribution in [0.2, 0.25) is 0 Å². The number of ether oxygens (including phenoxy) is 2. The third-order valence-corrected chi connectivity index (χ3v) is 4.01. The van der Waals surface area contributed by atoms with E-state index in [4.69, 9.17) is 9.47 Å². The van der Waals surface area contributed by atoms with Crippen molar-refractivity contribution >= 4 is 5.91 Å². The highest BCUT2D eigenvalue weighted by atomic mass is 16.5. The maximum Gasteiger partial charge on any atom is 0.255 e. The van der Waals surface area contributed by atoms with Crippen molar-refractivity contribution in [2.45, 2.75) is 18.9 Å². The number of rotatable bonds is 5. The van der Waals surface area contributed by atoms with Crippen LogP contribution in [0.1, 0.15) is 22.3 Å². The van der Waals surface area contributed by atoms with E-state index >= 15 is 0 Å². The monoisotopic (exact) mass is 327 g/mol. The Morgan fingerprint density at radius 1 is 1.29 bits per heavy atom. The molecule has 3 rings (SSSR count). The lowest BCUT2D eigenvalue weighted by molar-refractivity contribution is 0.0264. The second kappa shape index (κ2) is 7.03. The maximum atomic E-state index is 12.5. The van der Waals surface area contributed by atoms with Gasteiger partial charge >= 0.3 is 0 Å². The van der Waals surface area contributed by atoms with Crippen LogP contribution in [-0.4, -0.2) is 36.4 Å². The van der Waals surface area contributed by atoms with Gasteiger partial charge in [-0.2, -0.15) is 0 Å². The van der Waals surface area contributed by atoms with E-state index in [1.165, 1.54) is 0 Å². The Kier molecular flexibility index (Phi) is 4.83. The molecule has 1 amide bonds. The van der Waals surface area contributed by atoms with Crippen LogP contribution in [0.5, 0.6) is 11.5 Å². The van der Waals surface area contributed by atoms with Crippen LogP contribution >= 0.6 is 0 Å². The molecule has 0 saturated carbocycles. The number of amides is 1. The van der Waals surface area contributed by atoms with Crippen molar-refractivity contribution in [3.63, 3.8) is 0 Å². The normalized spacial score (nSPS) is 19.9. The molecule has 0 aromatic heterocycles. The number of carbonyl (C=O) groups excluding carboxylic acids is 1. The molecular formula is C19H21NO4. The Bertz CT molecular complexity index is 723. The zero-order valence-corrected chi connectivity index (χ0v) is 13.6. The molecule has 1 heterocycles. The molecule has 0 bridgehead atoms. The van der Waals surface area contributed by atoms with Crippen molar-refractivity contribution in [1.82, 2.24) is 5.32 Å². The fourth-order valence-corrected chi connectivity index (χ4v) is 2.62. The van der Waals surface area contributed by atoms with E-state index in [9.17, 15) is 9.90 Å². The summed E-state index contributed by atoms with van der Waals surface area (Å²) in [5.74, 6) is 0.881. The Labute approximate surface area is 141 Å². The van der Waals surface area contributed by atoms with Crippen LogP contribution in [0.25, 0.3) is 0 Å². The van der Waals surface area contributed by atoms with Gasteiger partial charge in [-0.3, -0.25) is 4.79 Å². The zero-order chi connectivity index (χ0) is 17.0. The molecule has 5 heteroatoms. The average molecular weight is 327 g/mol. The van der Waals surface area contributed by atoms with Crippen molar-refractivity contribution < 1.29 is 19.4 Å². The van der Waals surface area contributed by atoms with E-state index in [-0.39, 0.29) is 19.1 Å². The largest absolute Gasteiger partial charge is 0.457 e. The van der Waals surface area contributed by atoms with Crippen LogP contribution in [0.3, 0.4) is 0 Å². The molecule has 0 aliphatic carbocycles. The van der Waals surface area contributed by atoms with Crippen LogP contribution in [0.15, 0.2) is 48.5 Å². The summed E-state index contributed by atoms with van der Waals surface area (Å²) in [6.45, 7) is 2.90. The van der Waals surface area contributed by atoms with E-state index in [0.29, 0.717) is 30.1 Å². The van der Waals surface area contributed by atoms with Gasteiger partial charge in [-0.25, -0.2) is 0 Å². The van der Waals surface area contributed by atoms with Crippen molar-refractivity contribution in [2.75, 3.05) is 19.8 Å². The van der Waals surface area contributed by atoms with Gasteiger partial charge in [0.1, 0.15) is 17.1 Å². The minimum atomic E-state index is -0.984. The van der Waals surface area contributed by atoms with E-state index in [1.54, 1.807) is 18.2 Å². The lowest BCUT2D eigenvalue weighted by atomic mass is 10.0. The topological polar surface area (TPSA) is 67.8 Å². The van der Waals surface area contributed by atoms with Gasteiger partial charge in [-0.1, -0.05) is 24.3 Å². The molecule has 0 radical (unpaired) electrons. The Balaban J connectivity index is 1.72. The quantitative estimate of drug-likeness (QED) is 0.886. The fourth-order valence-electron chi connectivity index (χ4n) is 2.62. The number of nitrogens with one attached hydrogen (secondary N) is 1. The van der Waals surface area contributed by atoms with Crippen molar-refractivity contribution in [1.29, 1.82) is 0 Å². The number of hydrogen-bond donors (Lipinski definition) is 2. The van der Waals surface area contributed by atoms with Gasteiger partial charge in [-0.15, -0.1) is 0 Å². The van der Waals surface area contributed by atoms with Gasteiger partial charge in [0.2, 0.25) is 0 Å². The van der Waals surface area contributed by atoms with Gasteiger partial charge < -0.3 is 19.9 Å². The molecule has 1 saturated heterocycles. The number of aryl methyl sites for hydroxylation is 1. The van der Waals surface area contributed by atoms with Crippen molar-refractivity contribution in [3.05, 3.63) is 59.7 Å². The number of para-hydroxylation sites is 1. The molecule has 1 aliphatic rings. The van der Waals surface area contributed by atoms with Crippen molar-refractivity contribution in [2.24, 2.45) is 0 Å². The van der Waals surface area contributed by atoms with E-state index in [0.717, 1.165) is 5.56 Å². The summed E-state index contributed by atoms with van der Waals surface area (Å²) in [5.41, 5.74) is 0.529. The standard InChI is InChI=1S/C19H21NO4/c1-14-5-4-6-15(11-14)24-17-8-3-2-7-16(17)18(21)20-12-19(22)9-10-23-13-19/h2-8,11,22H,9-10,12-13H2,1H3,(H,20,21)/t19-/m0/s1. The van der Waals surface area contributed by atoms with Crippen LogP contribution < -0.4 is 10.1 Å². The molecule has 2 aromatic rings.